The van der Waals surface area contributed by atoms with E-state index in [9.17, 15) is 4.79 Å². The molecule has 0 aliphatic carbocycles. The van der Waals surface area contributed by atoms with Crippen molar-refractivity contribution in [1.29, 1.82) is 0 Å². The van der Waals surface area contributed by atoms with Crippen LogP contribution in [0.25, 0.3) is 11.4 Å². The van der Waals surface area contributed by atoms with Crippen molar-refractivity contribution in [2.75, 3.05) is 32.3 Å². The summed E-state index contributed by atoms with van der Waals surface area (Å²) >= 11 is 0. The molecule has 1 amide bonds. The van der Waals surface area contributed by atoms with Crippen molar-refractivity contribution in [3.63, 3.8) is 0 Å². The lowest BCUT2D eigenvalue weighted by atomic mass is 9.97. The summed E-state index contributed by atoms with van der Waals surface area (Å²) in [6.07, 6.45) is 1.77. The topological polar surface area (TPSA) is 99.0 Å². The van der Waals surface area contributed by atoms with E-state index in [0.29, 0.717) is 42.0 Å². The number of nitrogens with one attached hydrogen (secondary N) is 1. The average Bonchev–Trinajstić information content (AvgIpc) is 3.48. The third-order valence-corrected chi connectivity index (χ3v) is 5.69. The number of piperidine rings is 1. The first-order valence-electron chi connectivity index (χ1n) is 10.6. The number of rotatable bonds is 6. The summed E-state index contributed by atoms with van der Waals surface area (Å²) in [5.41, 5.74) is 1.57. The van der Waals surface area contributed by atoms with Gasteiger partial charge >= 0.3 is 0 Å². The number of fused-ring (bicyclic) bond motifs is 1. The van der Waals surface area contributed by atoms with Crippen LogP contribution in [0.2, 0.25) is 0 Å². The lowest BCUT2D eigenvalue weighted by Crippen LogP contribution is -2.40. The summed E-state index contributed by atoms with van der Waals surface area (Å²) in [6, 6.07) is 12.9. The van der Waals surface area contributed by atoms with Gasteiger partial charge in [0.25, 0.3) is 0 Å². The molecule has 9 nitrogen and oxygen atoms in total. The Morgan fingerprint density at radius 2 is 2.03 bits per heavy atom. The Balaban J connectivity index is 1.19. The second kappa shape index (κ2) is 8.88. The Morgan fingerprint density at radius 3 is 2.88 bits per heavy atom. The maximum Gasteiger partial charge on any atom is 0.241 e. The molecular weight excluding hydrogens is 412 g/mol. The van der Waals surface area contributed by atoms with Crippen LogP contribution in [0.15, 0.2) is 47.0 Å². The van der Waals surface area contributed by atoms with Gasteiger partial charge in [-0.1, -0.05) is 5.16 Å². The summed E-state index contributed by atoms with van der Waals surface area (Å²) in [4.78, 5) is 19.5. The monoisotopic (exact) mass is 436 g/mol. The predicted octanol–water partition coefficient (Wildman–Crippen LogP) is 3.32. The molecule has 3 aromatic rings. The fourth-order valence-electron chi connectivity index (χ4n) is 4.00. The number of ether oxygens (including phenoxy) is 3. The lowest BCUT2D eigenvalue weighted by Gasteiger charge is -2.30. The van der Waals surface area contributed by atoms with E-state index in [2.05, 4.69) is 20.4 Å². The SMILES string of the molecule is COc1ccc(-c2noc(CN3CCCC(C(=O)Nc4ccc5c(c4)OCO5)C3)n2)cc1. The Bertz CT molecular complexity index is 1100. The second-order valence-corrected chi connectivity index (χ2v) is 7.87. The summed E-state index contributed by atoms with van der Waals surface area (Å²) < 4.78 is 21.3. The van der Waals surface area contributed by atoms with Crippen LogP contribution >= 0.6 is 0 Å². The minimum Gasteiger partial charge on any atom is -0.497 e. The van der Waals surface area contributed by atoms with Crippen molar-refractivity contribution >= 4 is 11.6 Å². The summed E-state index contributed by atoms with van der Waals surface area (Å²) in [5, 5.41) is 7.09. The van der Waals surface area contributed by atoms with Crippen LogP contribution in [0, 0.1) is 5.92 Å². The van der Waals surface area contributed by atoms with Crippen LogP contribution in [-0.4, -0.2) is 47.9 Å². The lowest BCUT2D eigenvalue weighted by molar-refractivity contribution is -0.121. The molecule has 0 saturated carbocycles. The highest BCUT2D eigenvalue weighted by Crippen LogP contribution is 2.34. The van der Waals surface area contributed by atoms with Crippen molar-refractivity contribution in [3.8, 4) is 28.6 Å². The predicted molar refractivity (Wildman–Crippen MR) is 115 cm³/mol. The van der Waals surface area contributed by atoms with E-state index in [4.69, 9.17) is 18.7 Å². The molecule has 1 atom stereocenters. The number of nitrogens with zero attached hydrogens (tertiary/aromatic N) is 3. The standard InChI is InChI=1S/C23H24N4O5/c1-29-18-7-4-15(5-8-18)22-25-21(32-26-22)13-27-10-2-3-16(12-27)23(28)24-17-6-9-19-20(11-17)31-14-30-19/h4-9,11,16H,2-3,10,12-14H2,1H3,(H,24,28). The molecule has 32 heavy (non-hydrogen) atoms. The molecule has 166 valence electrons. The van der Waals surface area contributed by atoms with E-state index in [-0.39, 0.29) is 18.6 Å². The molecule has 0 spiro atoms. The first-order valence-corrected chi connectivity index (χ1v) is 10.6. The highest BCUT2D eigenvalue weighted by atomic mass is 16.7. The number of hydrogen-bond donors (Lipinski definition) is 1. The second-order valence-electron chi connectivity index (χ2n) is 7.87. The molecule has 1 fully saturated rings. The van der Waals surface area contributed by atoms with Crippen molar-refractivity contribution in [3.05, 3.63) is 48.4 Å². The van der Waals surface area contributed by atoms with Gasteiger partial charge in [0.2, 0.25) is 24.4 Å². The summed E-state index contributed by atoms with van der Waals surface area (Å²) in [7, 11) is 1.63. The average molecular weight is 436 g/mol. The molecular formula is C23H24N4O5. The molecule has 1 N–H and O–H groups in total. The zero-order valence-electron chi connectivity index (χ0n) is 17.7. The molecule has 2 aromatic carbocycles. The molecule has 0 bridgehead atoms. The molecule has 0 radical (unpaired) electrons. The normalized spacial score (nSPS) is 17.8. The van der Waals surface area contributed by atoms with Crippen LogP contribution in [0.4, 0.5) is 5.69 Å². The van der Waals surface area contributed by atoms with Crippen LogP contribution in [0.1, 0.15) is 18.7 Å². The van der Waals surface area contributed by atoms with Gasteiger partial charge in [0, 0.05) is 23.9 Å². The quantitative estimate of drug-likeness (QED) is 0.628. The van der Waals surface area contributed by atoms with Gasteiger partial charge in [-0.25, -0.2) is 0 Å². The van der Waals surface area contributed by atoms with Crippen molar-refractivity contribution < 1.29 is 23.5 Å². The number of aromatic nitrogens is 2. The Labute approximate surface area is 185 Å². The van der Waals surface area contributed by atoms with E-state index in [1.807, 2.05) is 30.3 Å². The fraction of sp³-hybridized carbons (Fsp3) is 0.348. The number of carbonyl (C=O) groups is 1. The Kier molecular flexibility index (Phi) is 5.64. The van der Waals surface area contributed by atoms with Gasteiger partial charge in [0.1, 0.15) is 5.75 Å². The number of likely N-dealkylation sites (tertiary alicyclic amines) is 1. The van der Waals surface area contributed by atoms with E-state index in [1.165, 1.54) is 0 Å². The molecule has 1 saturated heterocycles. The van der Waals surface area contributed by atoms with Gasteiger partial charge in [-0.3, -0.25) is 9.69 Å². The zero-order valence-corrected chi connectivity index (χ0v) is 17.7. The highest BCUT2D eigenvalue weighted by Gasteiger charge is 2.27. The fourth-order valence-corrected chi connectivity index (χ4v) is 4.00. The van der Waals surface area contributed by atoms with Crippen molar-refractivity contribution in [2.45, 2.75) is 19.4 Å². The molecule has 5 rings (SSSR count). The van der Waals surface area contributed by atoms with E-state index >= 15 is 0 Å². The number of methoxy groups -OCH3 is 1. The first kappa shape index (κ1) is 20.3. The smallest absolute Gasteiger partial charge is 0.241 e. The Morgan fingerprint density at radius 1 is 1.19 bits per heavy atom. The number of anilines is 1. The van der Waals surface area contributed by atoms with E-state index < -0.39 is 0 Å². The third-order valence-electron chi connectivity index (χ3n) is 5.69. The van der Waals surface area contributed by atoms with Gasteiger partial charge in [-0.15, -0.1) is 0 Å². The molecule has 1 unspecified atom stereocenters. The maximum atomic E-state index is 12.8. The van der Waals surface area contributed by atoms with Gasteiger partial charge in [-0.2, -0.15) is 4.98 Å². The number of carbonyl (C=O) groups excluding carboxylic acids is 1. The van der Waals surface area contributed by atoms with Crippen molar-refractivity contribution in [2.24, 2.45) is 5.92 Å². The number of benzene rings is 2. The molecule has 1 aromatic heterocycles. The van der Waals surface area contributed by atoms with Crippen LogP contribution in [-0.2, 0) is 11.3 Å². The molecule has 9 heteroatoms. The van der Waals surface area contributed by atoms with Crippen molar-refractivity contribution in [1.82, 2.24) is 15.0 Å². The number of amides is 1. The van der Waals surface area contributed by atoms with Crippen LogP contribution in [0.5, 0.6) is 17.2 Å². The molecule has 3 heterocycles. The Hall–Kier alpha value is -3.59. The van der Waals surface area contributed by atoms with Gasteiger partial charge in [0.05, 0.1) is 19.6 Å². The minimum absolute atomic E-state index is 0.00184. The first-order chi connectivity index (χ1) is 15.7. The minimum atomic E-state index is -0.113. The third kappa shape index (κ3) is 4.38. The van der Waals surface area contributed by atoms with Gasteiger partial charge in [0.15, 0.2) is 11.5 Å². The largest absolute Gasteiger partial charge is 0.497 e. The maximum absolute atomic E-state index is 12.8. The zero-order chi connectivity index (χ0) is 21.9. The van der Waals surface area contributed by atoms with Crippen LogP contribution < -0.4 is 19.5 Å². The molecule has 2 aliphatic rings. The van der Waals surface area contributed by atoms with Gasteiger partial charge < -0.3 is 24.1 Å². The molecule has 2 aliphatic heterocycles. The summed E-state index contributed by atoms with van der Waals surface area (Å²) in [6.45, 7) is 2.24. The number of hydrogen-bond acceptors (Lipinski definition) is 8. The van der Waals surface area contributed by atoms with Crippen LogP contribution in [0.3, 0.4) is 0 Å². The highest BCUT2D eigenvalue weighted by molar-refractivity contribution is 5.93. The van der Waals surface area contributed by atoms with Gasteiger partial charge in [-0.05, 0) is 55.8 Å². The summed E-state index contributed by atoms with van der Waals surface area (Å²) in [5.74, 6) is 3.08. The van der Waals surface area contributed by atoms with E-state index in [1.54, 1.807) is 19.2 Å². The van der Waals surface area contributed by atoms with E-state index in [0.717, 1.165) is 30.7 Å².